The highest BCUT2D eigenvalue weighted by atomic mass is 35.5. The third-order valence-corrected chi connectivity index (χ3v) is 8.12. The Balaban J connectivity index is 2.06. The maximum absolute atomic E-state index is 12.2. The minimum atomic E-state index is -0.950. The molecule has 2 atom stereocenters. The first-order chi connectivity index (χ1) is 15.6. The fourth-order valence-corrected chi connectivity index (χ4v) is 6.59. The Morgan fingerprint density at radius 3 is 2.48 bits per heavy atom. The van der Waals surface area contributed by atoms with Crippen LogP contribution in [0.3, 0.4) is 0 Å². The van der Waals surface area contributed by atoms with Crippen LogP contribution < -0.4 is 4.74 Å². The summed E-state index contributed by atoms with van der Waals surface area (Å²) < 4.78 is 5.54. The standard InChI is InChI=1S/C24H25Cl2N3O3S/c1-6-24(14-7-9-16(25)17(11-14)32-5)23(4,15-8-10-18(26)27-12-15)28-22-29(24)19(13(2)3)20(33-22)21(30)31/h7-13H,6H2,1-5H3,(H,30,31)/t23-,24+/m0/s1. The minimum Gasteiger partial charge on any atom is -0.495 e. The summed E-state index contributed by atoms with van der Waals surface area (Å²) in [6, 6.07) is 9.39. The van der Waals surface area contributed by atoms with Crippen LogP contribution in [-0.2, 0) is 15.9 Å². The zero-order chi connectivity index (χ0) is 24.1. The van der Waals surface area contributed by atoms with E-state index in [-0.39, 0.29) is 5.92 Å². The van der Waals surface area contributed by atoms with E-state index in [0.717, 1.165) is 16.8 Å². The number of nitrogens with zero attached hydrogens (tertiary/aromatic N) is 3. The van der Waals surface area contributed by atoms with Gasteiger partial charge in [-0.15, -0.1) is 0 Å². The molecule has 0 spiro atoms. The monoisotopic (exact) mass is 505 g/mol. The van der Waals surface area contributed by atoms with Crippen molar-refractivity contribution < 1.29 is 14.6 Å². The van der Waals surface area contributed by atoms with Gasteiger partial charge in [-0.2, -0.15) is 0 Å². The molecular weight excluding hydrogens is 481 g/mol. The number of rotatable bonds is 6. The summed E-state index contributed by atoms with van der Waals surface area (Å²) >= 11 is 13.7. The quantitative estimate of drug-likeness (QED) is 0.465. The Morgan fingerprint density at radius 2 is 1.94 bits per heavy atom. The second kappa shape index (κ2) is 8.53. The van der Waals surface area contributed by atoms with Crippen LogP contribution in [0.4, 0.5) is 0 Å². The lowest BCUT2D eigenvalue weighted by molar-refractivity contribution is -0.132. The van der Waals surface area contributed by atoms with Gasteiger partial charge in [0.15, 0.2) is 5.17 Å². The number of ether oxygens (including phenoxy) is 1. The highest BCUT2D eigenvalue weighted by Crippen LogP contribution is 2.61. The van der Waals surface area contributed by atoms with Crippen LogP contribution in [0.25, 0.3) is 0 Å². The van der Waals surface area contributed by atoms with Gasteiger partial charge in [0.05, 0.1) is 12.1 Å². The lowest BCUT2D eigenvalue weighted by Gasteiger charge is -2.48. The van der Waals surface area contributed by atoms with Crippen molar-refractivity contribution in [2.75, 3.05) is 7.11 Å². The van der Waals surface area contributed by atoms with Crippen molar-refractivity contribution in [1.82, 2.24) is 9.88 Å². The van der Waals surface area contributed by atoms with Crippen molar-refractivity contribution in [2.45, 2.75) is 45.2 Å². The predicted octanol–water partition coefficient (Wildman–Crippen LogP) is 6.29. The van der Waals surface area contributed by atoms with Crippen molar-refractivity contribution in [3.63, 3.8) is 0 Å². The van der Waals surface area contributed by atoms with Gasteiger partial charge in [0, 0.05) is 17.5 Å². The van der Waals surface area contributed by atoms with E-state index in [9.17, 15) is 9.90 Å². The summed E-state index contributed by atoms with van der Waals surface area (Å²) in [7, 11) is 1.58. The molecule has 0 amide bonds. The SMILES string of the molecule is CC[C@]1(c2ccc(Cl)c(OC)c2)N2C(=N[C@@]1(C)c1ccc(Cl)nc1)SC(C(=O)O)=C2C(C)C. The Hall–Kier alpha value is -2.22. The summed E-state index contributed by atoms with van der Waals surface area (Å²) in [5.74, 6) is -0.441. The van der Waals surface area contributed by atoms with E-state index in [1.54, 1.807) is 19.4 Å². The van der Waals surface area contributed by atoms with Gasteiger partial charge in [0.25, 0.3) is 0 Å². The third-order valence-electron chi connectivity index (χ3n) is 6.54. The number of amidine groups is 1. The number of pyridine rings is 1. The number of benzene rings is 1. The molecule has 9 heteroatoms. The van der Waals surface area contributed by atoms with E-state index in [4.69, 9.17) is 32.9 Å². The van der Waals surface area contributed by atoms with Crippen molar-refractivity contribution in [3.05, 3.63) is 68.4 Å². The highest BCUT2D eigenvalue weighted by Gasteiger charge is 2.62. The van der Waals surface area contributed by atoms with E-state index in [1.807, 2.05) is 38.1 Å². The van der Waals surface area contributed by atoms with Crippen LogP contribution in [0, 0.1) is 5.92 Å². The zero-order valence-electron chi connectivity index (χ0n) is 19.0. The Labute approximate surface area is 207 Å². The molecule has 0 aliphatic carbocycles. The molecule has 0 saturated heterocycles. The topological polar surface area (TPSA) is 75.0 Å². The number of aliphatic imine (C=N–C) groups is 1. The molecule has 1 aromatic carbocycles. The van der Waals surface area contributed by atoms with E-state index in [0.29, 0.717) is 32.4 Å². The number of hydrogen-bond donors (Lipinski definition) is 1. The molecule has 2 aromatic rings. The number of halogens is 2. The number of methoxy groups -OCH3 is 1. The first-order valence-corrected chi connectivity index (χ1v) is 12.2. The number of hydrogen-bond acceptors (Lipinski definition) is 6. The molecule has 0 radical (unpaired) electrons. The highest BCUT2D eigenvalue weighted by molar-refractivity contribution is 8.18. The Morgan fingerprint density at radius 1 is 1.24 bits per heavy atom. The second-order valence-corrected chi connectivity index (χ2v) is 10.3. The number of carboxylic acids is 1. The van der Waals surface area contributed by atoms with E-state index < -0.39 is 17.0 Å². The first-order valence-electron chi connectivity index (χ1n) is 10.6. The number of aromatic nitrogens is 1. The van der Waals surface area contributed by atoms with Crippen LogP contribution >= 0.6 is 35.0 Å². The van der Waals surface area contributed by atoms with Gasteiger partial charge in [-0.05, 0) is 54.8 Å². The zero-order valence-corrected chi connectivity index (χ0v) is 21.3. The van der Waals surface area contributed by atoms with Crippen molar-refractivity contribution in [3.8, 4) is 5.75 Å². The summed E-state index contributed by atoms with van der Waals surface area (Å²) in [4.78, 5) is 24.1. The third kappa shape index (κ3) is 3.44. The summed E-state index contributed by atoms with van der Waals surface area (Å²) in [6.45, 7) is 8.16. The van der Waals surface area contributed by atoms with Gasteiger partial charge in [-0.1, -0.05) is 56.1 Å². The maximum Gasteiger partial charge on any atom is 0.344 e. The number of fused-ring (bicyclic) bond motifs is 1. The number of carboxylic acid groups (broad SMARTS) is 1. The second-order valence-electron chi connectivity index (χ2n) is 8.51. The summed E-state index contributed by atoms with van der Waals surface area (Å²) in [5, 5.41) is 11.5. The van der Waals surface area contributed by atoms with Gasteiger partial charge >= 0.3 is 5.97 Å². The number of thioether (sulfide) groups is 1. The molecule has 0 unspecified atom stereocenters. The fourth-order valence-electron chi connectivity index (χ4n) is 5.01. The molecule has 1 N–H and O–H groups in total. The van der Waals surface area contributed by atoms with Gasteiger partial charge < -0.3 is 14.7 Å². The molecule has 2 aliphatic heterocycles. The summed E-state index contributed by atoms with van der Waals surface area (Å²) in [6.07, 6.45) is 2.38. The van der Waals surface area contributed by atoms with Crippen LogP contribution in [-0.4, -0.2) is 33.2 Å². The van der Waals surface area contributed by atoms with Crippen molar-refractivity contribution in [1.29, 1.82) is 0 Å². The van der Waals surface area contributed by atoms with Crippen LogP contribution in [0.5, 0.6) is 5.75 Å². The number of aliphatic carboxylic acids is 1. The van der Waals surface area contributed by atoms with E-state index >= 15 is 0 Å². The normalized spacial score (nSPS) is 24.4. The number of allylic oxidation sites excluding steroid dienone is 1. The van der Waals surface area contributed by atoms with Gasteiger partial charge in [0.1, 0.15) is 26.9 Å². The molecule has 174 valence electrons. The molecule has 33 heavy (non-hydrogen) atoms. The molecule has 0 bridgehead atoms. The maximum atomic E-state index is 12.2. The van der Waals surface area contributed by atoms with Crippen LogP contribution in [0.2, 0.25) is 10.2 Å². The summed E-state index contributed by atoms with van der Waals surface area (Å²) in [5.41, 5.74) is 1.01. The lowest BCUT2D eigenvalue weighted by atomic mass is 9.68. The van der Waals surface area contributed by atoms with Crippen molar-refractivity contribution >= 4 is 46.1 Å². The lowest BCUT2D eigenvalue weighted by Crippen LogP contribution is -2.53. The van der Waals surface area contributed by atoms with Gasteiger partial charge in [0.2, 0.25) is 0 Å². The Kier molecular flexibility index (Phi) is 6.18. The largest absolute Gasteiger partial charge is 0.495 e. The van der Waals surface area contributed by atoms with Crippen LogP contribution in [0.1, 0.15) is 45.2 Å². The molecule has 4 rings (SSSR count). The predicted molar refractivity (Wildman–Crippen MR) is 133 cm³/mol. The molecule has 0 saturated carbocycles. The molecule has 0 fully saturated rings. The van der Waals surface area contributed by atoms with E-state index in [2.05, 4.69) is 23.7 Å². The molecule has 2 aliphatic rings. The van der Waals surface area contributed by atoms with Gasteiger partial charge in [-0.25, -0.2) is 14.8 Å². The minimum absolute atomic E-state index is 0.0397. The number of carbonyl (C=O) groups is 1. The smallest absolute Gasteiger partial charge is 0.344 e. The van der Waals surface area contributed by atoms with Crippen molar-refractivity contribution in [2.24, 2.45) is 10.9 Å². The van der Waals surface area contributed by atoms with Crippen LogP contribution in [0.15, 0.2) is 52.1 Å². The van der Waals surface area contributed by atoms with Gasteiger partial charge in [-0.3, -0.25) is 0 Å². The average Bonchev–Trinajstić information content (AvgIpc) is 3.26. The molecular formula is C24H25Cl2N3O3S. The van der Waals surface area contributed by atoms with E-state index in [1.165, 1.54) is 11.8 Å². The fraction of sp³-hybridized carbons (Fsp3) is 0.375. The average molecular weight is 506 g/mol. The molecule has 1 aromatic heterocycles. The first kappa shape index (κ1) is 23.9. The Bertz CT molecular complexity index is 1180. The molecule has 6 nitrogen and oxygen atoms in total. The molecule has 3 heterocycles.